The largest absolute Gasteiger partial charge is 0.477 e. The number of likely N-dealkylation sites (N-methyl/N-ethyl adjacent to an activating group) is 1. The van der Waals surface area contributed by atoms with Crippen molar-refractivity contribution >= 4 is 11.6 Å². The Labute approximate surface area is 102 Å². The second-order valence-electron chi connectivity index (χ2n) is 3.99. The van der Waals surface area contributed by atoms with Crippen molar-refractivity contribution in [3.05, 3.63) is 24.3 Å². The van der Waals surface area contributed by atoms with Crippen molar-refractivity contribution in [2.75, 3.05) is 25.0 Å². The molecule has 4 nitrogen and oxygen atoms in total. The van der Waals surface area contributed by atoms with E-state index in [2.05, 4.69) is 5.32 Å². The number of para-hydroxylation sites is 2. The Morgan fingerprint density at radius 3 is 2.82 bits per heavy atom. The molecule has 1 aliphatic heterocycles. The van der Waals surface area contributed by atoms with Gasteiger partial charge in [0.2, 0.25) is 0 Å². The molecular formula is C13H18N2O2. The molecule has 17 heavy (non-hydrogen) atoms. The Hall–Kier alpha value is -1.71. The van der Waals surface area contributed by atoms with E-state index >= 15 is 0 Å². The summed E-state index contributed by atoms with van der Waals surface area (Å²) < 4.78 is 5.72. The van der Waals surface area contributed by atoms with Gasteiger partial charge in [-0.05, 0) is 26.0 Å². The maximum Gasteiger partial charge on any atom is 0.265 e. The zero-order valence-corrected chi connectivity index (χ0v) is 10.3. The summed E-state index contributed by atoms with van der Waals surface area (Å²) in [5.74, 6) is 0.807. The Bertz CT molecular complexity index is 402. The van der Waals surface area contributed by atoms with E-state index in [1.54, 1.807) is 4.90 Å². The topological polar surface area (TPSA) is 41.6 Å². The van der Waals surface area contributed by atoms with Crippen molar-refractivity contribution in [2.45, 2.75) is 20.0 Å². The van der Waals surface area contributed by atoms with Gasteiger partial charge in [0.1, 0.15) is 5.75 Å². The van der Waals surface area contributed by atoms with Crippen LogP contribution in [0.2, 0.25) is 0 Å². The van der Waals surface area contributed by atoms with Gasteiger partial charge < -0.3 is 15.0 Å². The molecule has 1 N–H and O–H groups in total. The van der Waals surface area contributed by atoms with Crippen LogP contribution < -0.4 is 10.1 Å². The third-order valence-electron chi connectivity index (χ3n) is 2.98. The molecule has 0 spiro atoms. The van der Waals surface area contributed by atoms with Gasteiger partial charge in [-0.3, -0.25) is 4.79 Å². The van der Waals surface area contributed by atoms with E-state index in [4.69, 9.17) is 4.74 Å². The van der Waals surface area contributed by atoms with Crippen molar-refractivity contribution in [3.63, 3.8) is 0 Å². The first-order valence-electron chi connectivity index (χ1n) is 6.04. The lowest BCUT2D eigenvalue weighted by molar-refractivity contribution is -0.137. The molecule has 1 aromatic carbocycles. The molecule has 0 aromatic heterocycles. The minimum atomic E-state index is -0.412. The third kappa shape index (κ3) is 2.35. The summed E-state index contributed by atoms with van der Waals surface area (Å²) in [6, 6.07) is 7.68. The quantitative estimate of drug-likeness (QED) is 0.866. The zero-order valence-electron chi connectivity index (χ0n) is 10.3. The van der Waals surface area contributed by atoms with Crippen molar-refractivity contribution in [3.8, 4) is 5.75 Å². The maximum atomic E-state index is 12.1. The van der Waals surface area contributed by atoms with Crippen LogP contribution in [0.15, 0.2) is 24.3 Å². The van der Waals surface area contributed by atoms with Crippen LogP contribution in [0.1, 0.15) is 13.8 Å². The van der Waals surface area contributed by atoms with Gasteiger partial charge in [0, 0.05) is 13.1 Å². The van der Waals surface area contributed by atoms with Crippen LogP contribution in [-0.4, -0.2) is 36.5 Å². The number of hydrogen-bond donors (Lipinski definition) is 1. The molecule has 4 heteroatoms. The van der Waals surface area contributed by atoms with Crippen molar-refractivity contribution in [1.29, 1.82) is 0 Å². The SMILES string of the molecule is CCN(CC)C(=O)[C@H]1CNc2ccccc2O1. The van der Waals surface area contributed by atoms with E-state index in [1.165, 1.54) is 0 Å². The van der Waals surface area contributed by atoms with E-state index in [0.29, 0.717) is 6.54 Å². The zero-order chi connectivity index (χ0) is 12.3. The molecule has 0 saturated heterocycles. The fraction of sp³-hybridized carbons (Fsp3) is 0.462. The van der Waals surface area contributed by atoms with Gasteiger partial charge in [0.25, 0.3) is 5.91 Å². The maximum absolute atomic E-state index is 12.1. The molecule has 1 aromatic rings. The van der Waals surface area contributed by atoms with E-state index in [-0.39, 0.29) is 5.91 Å². The number of anilines is 1. The smallest absolute Gasteiger partial charge is 0.265 e. The molecule has 1 aliphatic rings. The van der Waals surface area contributed by atoms with Crippen LogP contribution in [0.25, 0.3) is 0 Å². The van der Waals surface area contributed by atoms with Crippen LogP contribution in [-0.2, 0) is 4.79 Å². The number of hydrogen-bond acceptors (Lipinski definition) is 3. The highest BCUT2D eigenvalue weighted by Crippen LogP contribution is 2.28. The molecule has 1 amide bonds. The summed E-state index contributed by atoms with van der Waals surface area (Å²) >= 11 is 0. The molecule has 1 atom stereocenters. The summed E-state index contributed by atoms with van der Waals surface area (Å²) in [7, 11) is 0. The Balaban J connectivity index is 2.09. The summed E-state index contributed by atoms with van der Waals surface area (Å²) in [5, 5.41) is 3.22. The first-order valence-corrected chi connectivity index (χ1v) is 6.04. The second kappa shape index (κ2) is 5.08. The fourth-order valence-electron chi connectivity index (χ4n) is 1.99. The average Bonchev–Trinajstić information content (AvgIpc) is 2.39. The highest BCUT2D eigenvalue weighted by molar-refractivity contribution is 5.83. The number of nitrogens with one attached hydrogen (secondary N) is 1. The summed E-state index contributed by atoms with van der Waals surface area (Å²) in [6.07, 6.45) is -0.412. The van der Waals surface area contributed by atoms with Crippen molar-refractivity contribution in [2.24, 2.45) is 0 Å². The lowest BCUT2D eigenvalue weighted by Gasteiger charge is -2.30. The van der Waals surface area contributed by atoms with E-state index in [9.17, 15) is 4.79 Å². The van der Waals surface area contributed by atoms with E-state index in [0.717, 1.165) is 24.5 Å². The normalized spacial score (nSPS) is 17.6. The molecule has 2 rings (SSSR count). The molecule has 0 aliphatic carbocycles. The molecular weight excluding hydrogens is 216 g/mol. The average molecular weight is 234 g/mol. The highest BCUT2D eigenvalue weighted by atomic mass is 16.5. The van der Waals surface area contributed by atoms with Crippen LogP contribution >= 0.6 is 0 Å². The molecule has 0 saturated carbocycles. The molecule has 0 fully saturated rings. The van der Waals surface area contributed by atoms with Crippen LogP contribution in [0.4, 0.5) is 5.69 Å². The van der Waals surface area contributed by atoms with Gasteiger partial charge >= 0.3 is 0 Å². The van der Waals surface area contributed by atoms with Gasteiger partial charge in [-0.1, -0.05) is 12.1 Å². The number of benzene rings is 1. The highest BCUT2D eigenvalue weighted by Gasteiger charge is 2.28. The number of ether oxygens (including phenoxy) is 1. The standard InChI is InChI=1S/C13H18N2O2/c1-3-15(4-2)13(16)12-9-14-10-7-5-6-8-11(10)17-12/h5-8,12,14H,3-4,9H2,1-2H3/t12-/m1/s1. The van der Waals surface area contributed by atoms with Crippen LogP contribution in [0, 0.1) is 0 Å². The molecule has 92 valence electrons. The molecule has 0 unspecified atom stereocenters. The fourth-order valence-corrected chi connectivity index (χ4v) is 1.99. The van der Waals surface area contributed by atoms with Crippen molar-refractivity contribution in [1.82, 2.24) is 4.90 Å². The second-order valence-corrected chi connectivity index (χ2v) is 3.99. The lowest BCUT2D eigenvalue weighted by atomic mass is 10.2. The minimum Gasteiger partial charge on any atom is -0.477 e. The number of carbonyl (C=O) groups is 1. The molecule has 0 bridgehead atoms. The summed E-state index contributed by atoms with van der Waals surface area (Å²) in [5.41, 5.74) is 0.955. The van der Waals surface area contributed by atoms with Gasteiger partial charge in [-0.15, -0.1) is 0 Å². The Kier molecular flexibility index (Phi) is 3.52. The monoisotopic (exact) mass is 234 g/mol. The minimum absolute atomic E-state index is 0.0528. The number of amides is 1. The first-order chi connectivity index (χ1) is 8.26. The van der Waals surface area contributed by atoms with E-state index in [1.807, 2.05) is 38.1 Å². The van der Waals surface area contributed by atoms with Crippen LogP contribution in [0.3, 0.4) is 0 Å². The van der Waals surface area contributed by atoms with Crippen LogP contribution in [0.5, 0.6) is 5.75 Å². The van der Waals surface area contributed by atoms with Gasteiger partial charge in [-0.2, -0.15) is 0 Å². The summed E-state index contributed by atoms with van der Waals surface area (Å²) in [6.45, 7) is 5.93. The van der Waals surface area contributed by atoms with Gasteiger partial charge in [-0.25, -0.2) is 0 Å². The number of rotatable bonds is 3. The first kappa shape index (κ1) is 11.8. The van der Waals surface area contributed by atoms with Gasteiger partial charge in [0.05, 0.1) is 12.2 Å². The Morgan fingerprint density at radius 1 is 1.41 bits per heavy atom. The number of carbonyl (C=O) groups excluding carboxylic acids is 1. The van der Waals surface area contributed by atoms with Gasteiger partial charge in [0.15, 0.2) is 6.10 Å². The predicted octanol–water partition coefficient (Wildman–Crippen LogP) is 1.73. The number of nitrogens with zero attached hydrogens (tertiary/aromatic N) is 1. The third-order valence-corrected chi connectivity index (χ3v) is 2.98. The van der Waals surface area contributed by atoms with E-state index < -0.39 is 6.10 Å². The number of fused-ring (bicyclic) bond motifs is 1. The summed E-state index contributed by atoms with van der Waals surface area (Å²) in [4.78, 5) is 13.9. The lowest BCUT2D eigenvalue weighted by Crippen LogP contribution is -2.46. The predicted molar refractivity (Wildman–Crippen MR) is 67.3 cm³/mol. The Morgan fingerprint density at radius 2 is 2.12 bits per heavy atom. The molecule has 0 radical (unpaired) electrons. The van der Waals surface area contributed by atoms with Crippen molar-refractivity contribution < 1.29 is 9.53 Å². The molecule has 1 heterocycles.